The monoisotopic (exact) mass is 438 g/mol. The smallest absolute Gasteiger partial charge is 0.338 e. The molecule has 1 unspecified atom stereocenters. The summed E-state index contributed by atoms with van der Waals surface area (Å²) in [7, 11) is 0. The van der Waals surface area contributed by atoms with Crippen molar-refractivity contribution >= 4 is 27.9 Å². The second-order valence-corrected chi connectivity index (χ2v) is 7.84. The molecule has 0 spiro atoms. The van der Waals surface area contributed by atoms with Gasteiger partial charge in [-0.2, -0.15) is 0 Å². The molecule has 2 rings (SSSR count). The zero-order valence-corrected chi connectivity index (χ0v) is 18.0. The first kappa shape index (κ1) is 21.3. The van der Waals surface area contributed by atoms with E-state index in [1.165, 1.54) is 0 Å². The van der Waals surface area contributed by atoms with E-state index in [1.54, 1.807) is 13.8 Å². The minimum Gasteiger partial charge on any atom is -0.490 e. The fourth-order valence-corrected chi connectivity index (χ4v) is 3.37. The van der Waals surface area contributed by atoms with Gasteiger partial charge in [-0.05, 0) is 67.7 Å². The van der Waals surface area contributed by atoms with Gasteiger partial charge in [0.25, 0.3) is 0 Å². The number of urea groups is 1. The summed E-state index contributed by atoms with van der Waals surface area (Å²) in [5, 5.41) is 5.61. The van der Waals surface area contributed by atoms with Crippen LogP contribution in [0.2, 0.25) is 0 Å². The summed E-state index contributed by atoms with van der Waals surface area (Å²) in [4.78, 5) is 24.9. The van der Waals surface area contributed by atoms with Crippen molar-refractivity contribution in [3.05, 3.63) is 39.5 Å². The minimum absolute atomic E-state index is 0.0402. The fraction of sp³-hybridized carbons (Fsp3) is 0.500. The number of carbonyl (C=O) groups is 2. The van der Waals surface area contributed by atoms with E-state index in [4.69, 9.17) is 9.47 Å². The number of hydrogen-bond donors (Lipinski definition) is 2. The average Bonchev–Trinajstić information content (AvgIpc) is 2.55. The highest BCUT2D eigenvalue weighted by atomic mass is 79.9. The van der Waals surface area contributed by atoms with Crippen LogP contribution in [-0.4, -0.2) is 24.2 Å². The maximum Gasteiger partial charge on any atom is 0.338 e. The number of ether oxygens (including phenoxy) is 2. The highest BCUT2D eigenvalue weighted by Gasteiger charge is 2.34. The molecule has 0 fully saturated rings. The van der Waals surface area contributed by atoms with E-state index >= 15 is 0 Å². The number of nitrogens with one attached hydrogen (secondary N) is 2. The first-order chi connectivity index (χ1) is 12.7. The molecule has 0 saturated heterocycles. The molecule has 0 saturated carbocycles. The third-order valence-corrected chi connectivity index (χ3v) is 4.49. The lowest BCUT2D eigenvalue weighted by atomic mass is 9.93. The van der Waals surface area contributed by atoms with Gasteiger partial charge in [0, 0.05) is 5.70 Å². The van der Waals surface area contributed by atoms with Crippen LogP contribution in [0.4, 0.5) is 4.79 Å². The second kappa shape index (κ2) is 9.26. The van der Waals surface area contributed by atoms with Crippen LogP contribution >= 0.6 is 15.9 Å². The lowest BCUT2D eigenvalue weighted by Gasteiger charge is -2.30. The van der Waals surface area contributed by atoms with Crippen molar-refractivity contribution in [2.24, 2.45) is 0 Å². The predicted molar refractivity (Wildman–Crippen MR) is 107 cm³/mol. The molecule has 0 radical (unpaired) electrons. The third-order valence-electron chi connectivity index (χ3n) is 3.87. The van der Waals surface area contributed by atoms with Crippen molar-refractivity contribution < 1.29 is 19.1 Å². The summed E-state index contributed by atoms with van der Waals surface area (Å²) in [5.74, 6) is 0.280. The second-order valence-electron chi connectivity index (χ2n) is 6.98. The summed E-state index contributed by atoms with van der Waals surface area (Å²) in [6.07, 6.45) is 1.17. The lowest BCUT2D eigenvalue weighted by Crippen LogP contribution is -2.46. The van der Waals surface area contributed by atoms with Gasteiger partial charge in [-0.1, -0.05) is 19.4 Å². The molecular weight excluding hydrogens is 412 g/mol. The number of amides is 2. The Morgan fingerprint density at radius 3 is 2.48 bits per heavy atom. The Balaban J connectivity index is 2.47. The topological polar surface area (TPSA) is 76.7 Å². The molecule has 0 aromatic heterocycles. The zero-order chi connectivity index (χ0) is 20.1. The summed E-state index contributed by atoms with van der Waals surface area (Å²) < 4.78 is 11.9. The van der Waals surface area contributed by atoms with E-state index < -0.39 is 12.0 Å². The number of esters is 1. The van der Waals surface area contributed by atoms with Gasteiger partial charge in [-0.25, -0.2) is 9.59 Å². The van der Waals surface area contributed by atoms with Gasteiger partial charge in [-0.15, -0.1) is 0 Å². The van der Waals surface area contributed by atoms with E-state index in [0.717, 1.165) is 16.5 Å². The third kappa shape index (κ3) is 5.48. The molecule has 0 aliphatic carbocycles. The Morgan fingerprint density at radius 1 is 1.22 bits per heavy atom. The molecule has 1 aromatic carbocycles. The molecule has 1 aliphatic heterocycles. The van der Waals surface area contributed by atoms with E-state index in [0.29, 0.717) is 23.4 Å². The molecule has 148 valence electrons. The van der Waals surface area contributed by atoms with Crippen molar-refractivity contribution in [3.63, 3.8) is 0 Å². The van der Waals surface area contributed by atoms with Crippen molar-refractivity contribution in [2.45, 2.75) is 65.7 Å². The van der Waals surface area contributed by atoms with Crippen molar-refractivity contribution in [3.8, 4) is 5.75 Å². The molecular formula is C20H27BrN2O4. The minimum atomic E-state index is -0.587. The van der Waals surface area contributed by atoms with Crippen LogP contribution in [0.1, 0.15) is 59.1 Å². The number of rotatable bonds is 7. The maximum atomic E-state index is 12.8. The summed E-state index contributed by atoms with van der Waals surface area (Å²) in [5.41, 5.74) is 1.82. The van der Waals surface area contributed by atoms with Gasteiger partial charge in [0.15, 0.2) is 0 Å². The highest BCUT2D eigenvalue weighted by molar-refractivity contribution is 9.10. The molecule has 27 heavy (non-hydrogen) atoms. The first-order valence-electron chi connectivity index (χ1n) is 9.20. The number of benzene rings is 1. The van der Waals surface area contributed by atoms with Crippen LogP contribution in [0.3, 0.4) is 0 Å². The molecule has 6 nitrogen and oxygen atoms in total. The van der Waals surface area contributed by atoms with Gasteiger partial charge in [0.1, 0.15) is 5.75 Å². The molecule has 1 atom stereocenters. The van der Waals surface area contributed by atoms with Crippen LogP contribution < -0.4 is 15.4 Å². The molecule has 7 heteroatoms. The van der Waals surface area contributed by atoms with Gasteiger partial charge in [0.05, 0.1) is 28.3 Å². The average molecular weight is 439 g/mol. The normalized spacial score (nSPS) is 17.0. The van der Waals surface area contributed by atoms with Crippen LogP contribution in [0, 0.1) is 0 Å². The van der Waals surface area contributed by atoms with E-state index in [9.17, 15) is 9.59 Å². The summed E-state index contributed by atoms with van der Waals surface area (Å²) in [6.45, 7) is 9.50. The molecule has 2 N–H and O–H groups in total. The molecule has 1 heterocycles. The Bertz CT molecular complexity index is 743. The standard InChI is InChI=1S/C20H27BrN2O4/c1-6-7-15-17(19(24)27-12(4)5)18(23-20(25)22-15)13-8-9-16(14(21)10-13)26-11(2)3/h8-12,18H,6-7H2,1-5H3,(H2,22,23,25). The van der Waals surface area contributed by atoms with Gasteiger partial charge in [0.2, 0.25) is 0 Å². The largest absolute Gasteiger partial charge is 0.490 e. The van der Waals surface area contributed by atoms with E-state index in [1.807, 2.05) is 39.0 Å². The number of hydrogen-bond acceptors (Lipinski definition) is 4. The SMILES string of the molecule is CCCC1=C(C(=O)OC(C)C)C(c2ccc(OC(C)C)c(Br)c2)NC(=O)N1. The number of carbonyl (C=O) groups excluding carboxylic acids is 2. The molecule has 0 bridgehead atoms. The zero-order valence-electron chi connectivity index (χ0n) is 16.4. The Kier molecular flexibility index (Phi) is 7.30. The van der Waals surface area contributed by atoms with Gasteiger partial charge < -0.3 is 20.1 Å². The van der Waals surface area contributed by atoms with Gasteiger partial charge in [-0.3, -0.25) is 0 Å². The van der Waals surface area contributed by atoms with Crippen LogP contribution in [-0.2, 0) is 9.53 Å². The van der Waals surface area contributed by atoms with Crippen LogP contribution in [0.5, 0.6) is 5.75 Å². The highest BCUT2D eigenvalue weighted by Crippen LogP contribution is 2.34. The van der Waals surface area contributed by atoms with E-state index in [-0.39, 0.29) is 18.2 Å². The molecule has 1 aromatic rings. The number of allylic oxidation sites excluding steroid dienone is 1. The Labute approximate surface area is 168 Å². The Morgan fingerprint density at radius 2 is 1.93 bits per heavy atom. The maximum absolute atomic E-state index is 12.8. The van der Waals surface area contributed by atoms with Crippen molar-refractivity contribution in [2.75, 3.05) is 0 Å². The summed E-state index contributed by atoms with van der Waals surface area (Å²) in [6, 6.07) is 4.63. The number of halogens is 1. The fourth-order valence-electron chi connectivity index (χ4n) is 2.88. The predicted octanol–water partition coefficient (Wildman–Crippen LogP) is 4.60. The summed E-state index contributed by atoms with van der Waals surface area (Å²) >= 11 is 3.51. The molecule has 1 aliphatic rings. The van der Waals surface area contributed by atoms with Crippen LogP contribution in [0.15, 0.2) is 33.9 Å². The van der Waals surface area contributed by atoms with Crippen LogP contribution in [0.25, 0.3) is 0 Å². The molecule has 2 amide bonds. The lowest BCUT2D eigenvalue weighted by molar-refractivity contribution is -0.143. The van der Waals surface area contributed by atoms with Gasteiger partial charge >= 0.3 is 12.0 Å². The Hall–Kier alpha value is -2.02. The van der Waals surface area contributed by atoms with E-state index in [2.05, 4.69) is 26.6 Å². The first-order valence-corrected chi connectivity index (χ1v) is 9.99. The van der Waals surface area contributed by atoms with Crippen molar-refractivity contribution in [1.82, 2.24) is 10.6 Å². The quantitative estimate of drug-likeness (QED) is 0.609. The van der Waals surface area contributed by atoms with Crippen molar-refractivity contribution in [1.29, 1.82) is 0 Å².